The van der Waals surface area contributed by atoms with E-state index >= 15 is 0 Å². The molecule has 0 aromatic carbocycles. The van der Waals surface area contributed by atoms with Crippen LogP contribution < -0.4 is 10.1 Å². The molecular weight excluding hydrogens is 224 g/mol. The van der Waals surface area contributed by atoms with E-state index in [2.05, 4.69) is 31.1 Å². The second kappa shape index (κ2) is 5.27. The molecule has 0 bridgehead atoms. The molecule has 0 radical (unpaired) electrons. The Hall–Kier alpha value is -1.09. The van der Waals surface area contributed by atoms with Crippen molar-refractivity contribution in [3.8, 4) is 5.75 Å². The van der Waals surface area contributed by atoms with Gasteiger partial charge in [-0.15, -0.1) is 0 Å². The van der Waals surface area contributed by atoms with Gasteiger partial charge < -0.3 is 10.1 Å². The fraction of sp³-hybridized carbons (Fsp3) is 0.667. The largest absolute Gasteiger partial charge is 0.496 e. The zero-order chi connectivity index (χ0) is 13.2. The molecule has 1 saturated heterocycles. The maximum absolute atomic E-state index is 5.49. The molecule has 2 rings (SSSR count). The number of pyridine rings is 1. The van der Waals surface area contributed by atoms with Gasteiger partial charge in [-0.25, -0.2) is 0 Å². The molecule has 1 fully saturated rings. The van der Waals surface area contributed by atoms with E-state index in [1.54, 1.807) is 7.11 Å². The number of nitrogens with zero attached hydrogens (tertiary/aromatic N) is 1. The Morgan fingerprint density at radius 2 is 2.11 bits per heavy atom. The molecule has 100 valence electrons. The minimum absolute atomic E-state index is 0.423. The number of hydrogen-bond acceptors (Lipinski definition) is 3. The molecule has 18 heavy (non-hydrogen) atoms. The molecule has 0 unspecified atom stereocenters. The first-order valence-corrected chi connectivity index (χ1v) is 6.81. The third kappa shape index (κ3) is 2.37. The molecule has 2 heterocycles. The molecule has 1 aromatic heterocycles. The molecule has 0 amide bonds. The Morgan fingerprint density at radius 3 is 2.61 bits per heavy atom. The summed E-state index contributed by atoms with van der Waals surface area (Å²) in [5.41, 5.74) is 3.95. The monoisotopic (exact) mass is 248 g/mol. The molecule has 3 heteroatoms. The van der Waals surface area contributed by atoms with Crippen molar-refractivity contribution in [1.29, 1.82) is 0 Å². The van der Waals surface area contributed by atoms with E-state index in [-0.39, 0.29) is 0 Å². The molecule has 0 spiro atoms. The van der Waals surface area contributed by atoms with Crippen LogP contribution in [0.1, 0.15) is 36.6 Å². The van der Waals surface area contributed by atoms with Crippen molar-refractivity contribution in [2.24, 2.45) is 5.41 Å². The maximum Gasteiger partial charge on any atom is 0.128 e. The third-order valence-corrected chi connectivity index (χ3v) is 4.07. The van der Waals surface area contributed by atoms with Crippen LogP contribution in [0.2, 0.25) is 0 Å². The van der Waals surface area contributed by atoms with Gasteiger partial charge in [-0.1, -0.05) is 13.3 Å². The van der Waals surface area contributed by atoms with Crippen molar-refractivity contribution in [3.63, 3.8) is 0 Å². The Morgan fingerprint density at radius 1 is 1.39 bits per heavy atom. The van der Waals surface area contributed by atoms with Gasteiger partial charge in [0.05, 0.1) is 7.11 Å². The Kier molecular flexibility index (Phi) is 3.91. The molecule has 0 saturated carbocycles. The summed E-state index contributed by atoms with van der Waals surface area (Å²) in [6.45, 7) is 8.68. The highest BCUT2D eigenvalue weighted by Gasteiger charge is 2.36. The number of methoxy groups -OCH3 is 1. The van der Waals surface area contributed by atoms with Crippen LogP contribution in [-0.2, 0) is 6.42 Å². The first-order chi connectivity index (χ1) is 8.62. The highest BCUT2D eigenvalue weighted by atomic mass is 16.5. The number of ether oxygens (including phenoxy) is 1. The summed E-state index contributed by atoms with van der Waals surface area (Å²) < 4.78 is 5.49. The molecule has 1 aromatic rings. The van der Waals surface area contributed by atoms with Crippen LogP contribution in [0.3, 0.4) is 0 Å². The first-order valence-electron chi connectivity index (χ1n) is 6.81. The van der Waals surface area contributed by atoms with Crippen molar-refractivity contribution in [1.82, 2.24) is 10.3 Å². The predicted octanol–water partition coefficient (Wildman–Crippen LogP) is 2.64. The Bertz CT molecular complexity index is 425. The minimum Gasteiger partial charge on any atom is -0.496 e. The predicted molar refractivity (Wildman–Crippen MR) is 74.2 cm³/mol. The Balaban J connectivity index is 2.23. The zero-order valence-electron chi connectivity index (χ0n) is 12.0. The van der Waals surface area contributed by atoms with Crippen LogP contribution in [0.5, 0.6) is 5.75 Å². The van der Waals surface area contributed by atoms with Gasteiger partial charge >= 0.3 is 0 Å². The van der Waals surface area contributed by atoms with E-state index in [1.165, 1.54) is 24.1 Å². The molecule has 3 nitrogen and oxygen atoms in total. The van der Waals surface area contributed by atoms with E-state index in [4.69, 9.17) is 4.74 Å². The SMILES string of the molecule is CCCC1(Cc2ncc(C)c(OC)c2C)CNC1. The zero-order valence-corrected chi connectivity index (χ0v) is 12.0. The topological polar surface area (TPSA) is 34.1 Å². The molecule has 1 aliphatic heterocycles. The lowest BCUT2D eigenvalue weighted by atomic mass is 9.73. The molecule has 0 atom stereocenters. The van der Waals surface area contributed by atoms with E-state index < -0.39 is 0 Å². The fourth-order valence-corrected chi connectivity index (χ4v) is 3.00. The van der Waals surface area contributed by atoms with Gasteiger partial charge in [0.25, 0.3) is 0 Å². The summed E-state index contributed by atoms with van der Waals surface area (Å²) >= 11 is 0. The standard InChI is InChI=1S/C15H24N2O/c1-5-6-15(9-16-10-15)7-13-12(3)14(18-4)11(2)8-17-13/h8,16H,5-7,9-10H2,1-4H3. The lowest BCUT2D eigenvalue weighted by Gasteiger charge is -2.43. The van der Waals surface area contributed by atoms with Crippen LogP contribution in [0.4, 0.5) is 0 Å². The van der Waals surface area contributed by atoms with Crippen LogP contribution in [-0.4, -0.2) is 25.2 Å². The highest BCUT2D eigenvalue weighted by molar-refractivity contribution is 5.41. The second-order valence-corrected chi connectivity index (χ2v) is 5.58. The molecular formula is C15H24N2O. The van der Waals surface area contributed by atoms with E-state index in [0.717, 1.165) is 30.8 Å². The summed E-state index contributed by atoms with van der Waals surface area (Å²) in [6.07, 6.45) is 5.52. The van der Waals surface area contributed by atoms with Gasteiger partial charge in [-0.2, -0.15) is 0 Å². The molecule has 1 aliphatic rings. The number of hydrogen-bond donors (Lipinski definition) is 1. The lowest BCUT2D eigenvalue weighted by Crippen LogP contribution is -2.54. The summed E-state index contributed by atoms with van der Waals surface area (Å²) in [5, 5.41) is 3.41. The third-order valence-electron chi connectivity index (χ3n) is 4.07. The number of nitrogens with one attached hydrogen (secondary N) is 1. The van der Waals surface area contributed by atoms with Gasteiger partial charge in [0, 0.05) is 41.5 Å². The number of aryl methyl sites for hydroxylation is 1. The summed E-state index contributed by atoms with van der Waals surface area (Å²) in [5.74, 6) is 0.999. The quantitative estimate of drug-likeness (QED) is 0.870. The van der Waals surface area contributed by atoms with Crippen LogP contribution in [0.15, 0.2) is 6.20 Å². The summed E-state index contributed by atoms with van der Waals surface area (Å²) in [7, 11) is 1.74. The number of aromatic nitrogens is 1. The van der Waals surface area contributed by atoms with Crippen molar-refractivity contribution in [2.45, 2.75) is 40.0 Å². The van der Waals surface area contributed by atoms with Crippen LogP contribution in [0, 0.1) is 19.3 Å². The van der Waals surface area contributed by atoms with Crippen molar-refractivity contribution in [2.75, 3.05) is 20.2 Å². The van der Waals surface area contributed by atoms with E-state index in [1.807, 2.05) is 6.20 Å². The average molecular weight is 248 g/mol. The van der Waals surface area contributed by atoms with Crippen molar-refractivity contribution < 1.29 is 4.74 Å². The smallest absolute Gasteiger partial charge is 0.128 e. The van der Waals surface area contributed by atoms with Gasteiger partial charge in [0.2, 0.25) is 0 Å². The first kappa shape index (κ1) is 13.3. The van der Waals surface area contributed by atoms with Crippen molar-refractivity contribution in [3.05, 3.63) is 23.0 Å². The van der Waals surface area contributed by atoms with Gasteiger partial charge in [0.1, 0.15) is 5.75 Å². The van der Waals surface area contributed by atoms with E-state index in [0.29, 0.717) is 5.41 Å². The second-order valence-electron chi connectivity index (χ2n) is 5.58. The highest BCUT2D eigenvalue weighted by Crippen LogP contribution is 2.35. The molecule has 0 aliphatic carbocycles. The maximum atomic E-state index is 5.49. The minimum atomic E-state index is 0.423. The van der Waals surface area contributed by atoms with E-state index in [9.17, 15) is 0 Å². The Labute approximate surface area is 110 Å². The average Bonchev–Trinajstić information content (AvgIpc) is 2.30. The summed E-state index contributed by atoms with van der Waals surface area (Å²) in [4.78, 5) is 4.63. The van der Waals surface area contributed by atoms with Crippen molar-refractivity contribution >= 4 is 0 Å². The van der Waals surface area contributed by atoms with Crippen LogP contribution >= 0.6 is 0 Å². The van der Waals surface area contributed by atoms with Gasteiger partial charge in [-0.3, -0.25) is 4.98 Å². The van der Waals surface area contributed by atoms with Gasteiger partial charge in [0.15, 0.2) is 0 Å². The number of rotatable bonds is 5. The van der Waals surface area contributed by atoms with Crippen LogP contribution in [0.25, 0.3) is 0 Å². The molecule has 1 N–H and O–H groups in total. The summed E-state index contributed by atoms with van der Waals surface area (Å²) in [6, 6.07) is 0. The lowest BCUT2D eigenvalue weighted by molar-refractivity contribution is 0.149. The fourth-order valence-electron chi connectivity index (χ4n) is 3.00. The van der Waals surface area contributed by atoms with Gasteiger partial charge in [-0.05, 0) is 26.7 Å². The normalized spacial score (nSPS) is 17.3.